The minimum Gasteiger partial charge on any atom is -0.352 e. The largest absolute Gasteiger partial charge is 0.352 e. The fourth-order valence-electron chi connectivity index (χ4n) is 1.70. The van der Waals surface area contributed by atoms with E-state index in [-0.39, 0.29) is 7.33 Å². The fraction of sp³-hybridized carbons (Fsp3) is 0.900. The van der Waals surface area contributed by atoms with Crippen molar-refractivity contribution in [1.82, 2.24) is 10.2 Å². The smallest absolute Gasteiger partial charge is 0.219 e. The lowest BCUT2D eigenvalue weighted by Crippen LogP contribution is -2.38. The van der Waals surface area contributed by atoms with Crippen molar-refractivity contribution in [3.05, 3.63) is 0 Å². The Morgan fingerprint density at radius 2 is 2.38 bits per heavy atom. The average Bonchev–Trinajstić information content (AvgIpc) is 2.52. The first-order valence-corrected chi connectivity index (χ1v) is 5.17. The zero-order valence-electron chi connectivity index (χ0n) is 8.84. The Bertz CT molecular complexity index is 185. The maximum absolute atomic E-state index is 11.1. The SMILES string of the molecule is CCC(=O)NC1CCN(C(C)C)C1.[HH]. The fourth-order valence-corrected chi connectivity index (χ4v) is 1.70. The van der Waals surface area contributed by atoms with Gasteiger partial charge in [-0.1, -0.05) is 6.92 Å². The van der Waals surface area contributed by atoms with E-state index < -0.39 is 0 Å². The molecule has 0 aromatic rings. The van der Waals surface area contributed by atoms with Gasteiger partial charge in [0.1, 0.15) is 0 Å². The Morgan fingerprint density at radius 3 is 2.85 bits per heavy atom. The third-order valence-electron chi connectivity index (χ3n) is 2.64. The molecule has 0 aromatic heterocycles. The van der Waals surface area contributed by atoms with Crippen LogP contribution in [0.3, 0.4) is 0 Å². The summed E-state index contributed by atoms with van der Waals surface area (Å²) in [6.45, 7) is 8.42. The predicted molar refractivity (Wildman–Crippen MR) is 55.7 cm³/mol. The van der Waals surface area contributed by atoms with E-state index in [0.717, 1.165) is 19.5 Å². The number of carbonyl (C=O) groups is 1. The third-order valence-corrected chi connectivity index (χ3v) is 2.64. The summed E-state index contributed by atoms with van der Waals surface area (Å²) in [6, 6.07) is 0.985. The number of amides is 1. The van der Waals surface area contributed by atoms with Crippen LogP contribution in [-0.2, 0) is 4.79 Å². The van der Waals surface area contributed by atoms with Crippen molar-refractivity contribution in [3.8, 4) is 0 Å². The normalized spacial score (nSPS) is 23.8. The number of carbonyl (C=O) groups excluding carboxylic acids is 1. The monoisotopic (exact) mass is 186 g/mol. The van der Waals surface area contributed by atoms with Crippen molar-refractivity contribution < 1.29 is 6.22 Å². The first kappa shape index (κ1) is 10.5. The summed E-state index contributed by atoms with van der Waals surface area (Å²) in [5, 5.41) is 3.03. The van der Waals surface area contributed by atoms with E-state index in [1.165, 1.54) is 0 Å². The summed E-state index contributed by atoms with van der Waals surface area (Å²) >= 11 is 0. The van der Waals surface area contributed by atoms with Gasteiger partial charge >= 0.3 is 0 Å². The van der Waals surface area contributed by atoms with E-state index in [1.54, 1.807) is 0 Å². The van der Waals surface area contributed by atoms with Crippen LogP contribution in [-0.4, -0.2) is 36.0 Å². The van der Waals surface area contributed by atoms with Gasteiger partial charge in [0.25, 0.3) is 0 Å². The van der Waals surface area contributed by atoms with Gasteiger partial charge in [0.15, 0.2) is 0 Å². The van der Waals surface area contributed by atoms with Crippen LogP contribution in [0.5, 0.6) is 0 Å². The van der Waals surface area contributed by atoms with E-state index >= 15 is 0 Å². The van der Waals surface area contributed by atoms with Gasteiger partial charge in [0, 0.05) is 33.0 Å². The molecule has 0 aliphatic carbocycles. The first-order valence-electron chi connectivity index (χ1n) is 5.17. The van der Waals surface area contributed by atoms with Crippen molar-refractivity contribution in [3.63, 3.8) is 0 Å². The van der Waals surface area contributed by atoms with E-state index in [9.17, 15) is 4.79 Å². The molecule has 1 atom stereocenters. The first-order chi connectivity index (χ1) is 6.13. The van der Waals surface area contributed by atoms with Gasteiger partial charge < -0.3 is 5.32 Å². The molecule has 3 nitrogen and oxygen atoms in total. The Labute approximate surface area is 82.0 Å². The minimum atomic E-state index is 0. The highest BCUT2D eigenvalue weighted by molar-refractivity contribution is 5.75. The summed E-state index contributed by atoms with van der Waals surface area (Å²) in [4.78, 5) is 13.5. The van der Waals surface area contributed by atoms with Gasteiger partial charge in [-0.15, -0.1) is 0 Å². The van der Waals surface area contributed by atoms with E-state index in [2.05, 4.69) is 24.1 Å². The van der Waals surface area contributed by atoms with Crippen LogP contribution in [0.25, 0.3) is 0 Å². The van der Waals surface area contributed by atoms with Crippen LogP contribution in [0.1, 0.15) is 35.0 Å². The molecule has 1 heterocycles. The molecule has 78 valence electrons. The summed E-state index contributed by atoms with van der Waals surface area (Å²) in [5.41, 5.74) is 0. The van der Waals surface area contributed by atoms with Crippen molar-refractivity contribution in [2.24, 2.45) is 0 Å². The van der Waals surface area contributed by atoms with Gasteiger partial charge in [-0.05, 0) is 20.3 Å². The minimum absolute atomic E-state index is 0. The molecule has 1 rings (SSSR count). The highest BCUT2D eigenvalue weighted by atomic mass is 16.1. The Balaban J connectivity index is 0.00000169. The topological polar surface area (TPSA) is 32.3 Å². The molecule has 1 N–H and O–H groups in total. The highest BCUT2D eigenvalue weighted by Gasteiger charge is 2.24. The molecule has 1 aliphatic rings. The Kier molecular flexibility index (Phi) is 3.72. The van der Waals surface area contributed by atoms with Gasteiger partial charge in [-0.3, -0.25) is 9.69 Å². The second-order valence-electron chi connectivity index (χ2n) is 4.00. The van der Waals surface area contributed by atoms with Crippen molar-refractivity contribution in [2.45, 2.75) is 45.7 Å². The van der Waals surface area contributed by atoms with Crippen molar-refractivity contribution >= 4 is 5.91 Å². The van der Waals surface area contributed by atoms with E-state index in [4.69, 9.17) is 0 Å². The molecule has 1 unspecified atom stereocenters. The standard InChI is InChI=1S/C10H20N2O.H2/c1-4-10(13)11-9-5-6-12(7-9)8(2)3;/h8-9H,4-7H2,1-3H3,(H,11,13);1H. The molecule has 0 bridgehead atoms. The molecule has 0 spiro atoms. The lowest BCUT2D eigenvalue weighted by molar-refractivity contribution is -0.121. The summed E-state index contributed by atoms with van der Waals surface area (Å²) < 4.78 is 0. The Morgan fingerprint density at radius 1 is 1.69 bits per heavy atom. The number of nitrogens with zero attached hydrogens (tertiary/aromatic N) is 1. The maximum atomic E-state index is 11.1. The van der Waals surface area contributed by atoms with Crippen LogP contribution in [0.15, 0.2) is 0 Å². The maximum Gasteiger partial charge on any atom is 0.219 e. The molecule has 1 aliphatic heterocycles. The molecule has 3 heteroatoms. The summed E-state index contributed by atoms with van der Waals surface area (Å²) in [7, 11) is 0. The van der Waals surface area contributed by atoms with Crippen LogP contribution in [0, 0.1) is 0 Å². The average molecular weight is 186 g/mol. The van der Waals surface area contributed by atoms with Crippen LogP contribution >= 0.6 is 0 Å². The third kappa shape index (κ3) is 2.99. The molecule has 0 radical (unpaired) electrons. The second kappa shape index (κ2) is 4.61. The Hall–Kier alpha value is -0.570. The van der Waals surface area contributed by atoms with Crippen LogP contribution in [0.2, 0.25) is 0 Å². The van der Waals surface area contributed by atoms with Crippen molar-refractivity contribution in [1.29, 1.82) is 0 Å². The number of likely N-dealkylation sites (tertiary alicyclic amines) is 1. The van der Waals surface area contributed by atoms with E-state index in [1.807, 2.05) is 6.92 Å². The number of hydrogen-bond donors (Lipinski definition) is 1. The zero-order chi connectivity index (χ0) is 9.84. The molecule has 1 saturated heterocycles. The van der Waals surface area contributed by atoms with Gasteiger partial charge in [-0.2, -0.15) is 0 Å². The quantitative estimate of drug-likeness (QED) is 0.719. The van der Waals surface area contributed by atoms with Gasteiger partial charge in [-0.25, -0.2) is 0 Å². The predicted octanol–water partition coefficient (Wildman–Crippen LogP) is 1.24. The molecule has 1 amide bonds. The molecule has 0 saturated carbocycles. The highest BCUT2D eigenvalue weighted by Crippen LogP contribution is 2.12. The van der Waals surface area contributed by atoms with Crippen LogP contribution in [0.4, 0.5) is 0 Å². The van der Waals surface area contributed by atoms with E-state index in [0.29, 0.717) is 18.5 Å². The molecule has 13 heavy (non-hydrogen) atoms. The van der Waals surface area contributed by atoms with Gasteiger partial charge in [0.05, 0.1) is 0 Å². The second-order valence-corrected chi connectivity index (χ2v) is 4.00. The lowest BCUT2D eigenvalue weighted by Gasteiger charge is -2.20. The van der Waals surface area contributed by atoms with Crippen molar-refractivity contribution in [2.75, 3.05) is 13.1 Å². The summed E-state index contributed by atoms with van der Waals surface area (Å²) in [5.74, 6) is 0.176. The molecule has 0 aromatic carbocycles. The number of hydrogen-bond acceptors (Lipinski definition) is 2. The molecular weight excluding hydrogens is 164 g/mol. The van der Waals surface area contributed by atoms with Gasteiger partial charge in [0.2, 0.25) is 5.91 Å². The lowest BCUT2D eigenvalue weighted by atomic mass is 10.2. The number of nitrogens with one attached hydrogen (secondary N) is 1. The summed E-state index contributed by atoms with van der Waals surface area (Å²) in [6.07, 6.45) is 1.70. The molecule has 1 fully saturated rings. The molecular formula is C10H22N2O. The van der Waals surface area contributed by atoms with Crippen LogP contribution < -0.4 is 5.32 Å². The zero-order valence-corrected chi connectivity index (χ0v) is 8.84. The number of rotatable bonds is 3.